The molecule has 2 N–H and O–H groups in total. The Hall–Kier alpha value is -2.01. The van der Waals surface area contributed by atoms with E-state index in [0.717, 1.165) is 29.3 Å². The lowest BCUT2D eigenvalue weighted by molar-refractivity contribution is 0.174. The van der Waals surface area contributed by atoms with E-state index in [9.17, 15) is 0 Å². The third-order valence-electron chi connectivity index (χ3n) is 3.41. The van der Waals surface area contributed by atoms with Gasteiger partial charge in [0.15, 0.2) is 11.5 Å². The van der Waals surface area contributed by atoms with Crippen LogP contribution in [0.1, 0.15) is 32.0 Å². The molecule has 1 aromatic carbocycles. The molecule has 1 atom stereocenters. The van der Waals surface area contributed by atoms with Gasteiger partial charge in [0, 0.05) is 12.1 Å². The van der Waals surface area contributed by atoms with Crippen LogP contribution >= 0.6 is 0 Å². The number of aromatic nitrogens is 2. The first kappa shape index (κ1) is 13.0. The van der Waals surface area contributed by atoms with E-state index in [4.69, 9.17) is 15.2 Å². The molecule has 2 heterocycles. The van der Waals surface area contributed by atoms with Crippen molar-refractivity contribution in [3.63, 3.8) is 0 Å². The molecule has 0 amide bonds. The number of fused-ring (bicyclic) bond motifs is 1. The van der Waals surface area contributed by atoms with Crippen molar-refractivity contribution in [2.45, 2.75) is 26.3 Å². The lowest BCUT2D eigenvalue weighted by atomic mass is 10.0. The predicted molar refractivity (Wildman–Crippen MR) is 76.1 cm³/mol. The second-order valence-corrected chi connectivity index (χ2v) is 5.46. The highest BCUT2D eigenvalue weighted by Gasteiger charge is 2.17. The van der Waals surface area contributed by atoms with Crippen LogP contribution in [0.15, 0.2) is 30.7 Å². The minimum atomic E-state index is -0.0251. The number of nitrogens with zero attached hydrogens (tertiary/aromatic N) is 2. The van der Waals surface area contributed by atoms with E-state index in [1.165, 1.54) is 0 Å². The van der Waals surface area contributed by atoms with Crippen LogP contribution < -0.4 is 15.2 Å². The molecule has 5 nitrogen and oxygen atoms in total. The Balaban J connectivity index is 1.93. The van der Waals surface area contributed by atoms with Crippen molar-refractivity contribution in [1.82, 2.24) is 9.55 Å². The molecular weight excluding hydrogens is 254 g/mol. The van der Waals surface area contributed by atoms with Crippen LogP contribution in [0.4, 0.5) is 0 Å². The Morgan fingerprint density at radius 2 is 2.10 bits per heavy atom. The topological polar surface area (TPSA) is 62.3 Å². The van der Waals surface area contributed by atoms with Gasteiger partial charge in [-0.15, -0.1) is 0 Å². The maximum absolute atomic E-state index is 6.27. The lowest BCUT2D eigenvalue weighted by Gasteiger charge is -2.16. The highest BCUT2D eigenvalue weighted by Crippen LogP contribution is 2.34. The summed E-state index contributed by atoms with van der Waals surface area (Å²) in [5, 5.41) is 0. The molecule has 1 aliphatic heterocycles. The molecule has 1 aliphatic rings. The molecule has 3 rings (SSSR count). The van der Waals surface area contributed by atoms with Gasteiger partial charge >= 0.3 is 0 Å². The maximum Gasteiger partial charge on any atom is 0.231 e. The third-order valence-corrected chi connectivity index (χ3v) is 3.41. The molecule has 2 aromatic rings. The van der Waals surface area contributed by atoms with E-state index >= 15 is 0 Å². The maximum atomic E-state index is 6.27. The second kappa shape index (κ2) is 5.17. The van der Waals surface area contributed by atoms with E-state index in [2.05, 4.69) is 18.8 Å². The van der Waals surface area contributed by atoms with E-state index in [-0.39, 0.29) is 12.8 Å². The first-order valence-electron chi connectivity index (χ1n) is 6.83. The molecular formula is C15H19N3O2. The highest BCUT2D eigenvalue weighted by atomic mass is 16.7. The normalized spacial score (nSPS) is 14.8. The van der Waals surface area contributed by atoms with Crippen LogP contribution in [0, 0.1) is 5.92 Å². The fraction of sp³-hybridized carbons (Fsp3) is 0.400. The monoisotopic (exact) mass is 273 g/mol. The first-order chi connectivity index (χ1) is 9.65. The molecule has 0 bridgehead atoms. The Kier molecular flexibility index (Phi) is 3.36. The van der Waals surface area contributed by atoms with Crippen LogP contribution in [0.2, 0.25) is 0 Å². The largest absolute Gasteiger partial charge is 0.454 e. The minimum absolute atomic E-state index is 0.0251. The average Bonchev–Trinajstić information content (AvgIpc) is 3.06. The van der Waals surface area contributed by atoms with Gasteiger partial charge in [-0.1, -0.05) is 13.8 Å². The van der Waals surface area contributed by atoms with E-state index in [1.807, 2.05) is 29.0 Å². The molecule has 1 aromatic heterocycles. The number of benzene rings is 1. The first-order valence-corrected chi connectivity index (χ1v) is 6.83. The van der Waals surface area contributed by atoms with Crippen molar-refractivity contribution < 1.29 is 9.47 Å². The van der Waals surface area contributed by atoms with Gasteiger partial charge in [0.2, 0.25) is 6.79 Å². The number of hydrogen-bond donors (Lipinski definition) is 1. The van der Waals surface area contributed by atoms with Gasteiger partial charge in [-0.2, -0.15) is 0 Å². The number of rotatable bonds is 4. The van der Waals surface area contributed by atoms with Gasteiger partial charge in [-0.3, -0.25) is 0 Å². The number of ether oxygens (including phenoxy) is 2. The summed E-state index contributed by atoms with van der Waals surface area (Å²) in [6.45, 7) is 4.62. The fourth-order valence-electron chi connectivity index (χ4n) is 2.46. The van der Waals surface area contributed by atoms with Crippen LogP contribution in [0.3, 0.4) is 0 Å². The van der Waals surface area contributed by atoms with Gasteiger partial charge in [0.25, 0.3) is 0 Å². The second-order valence-electron chi connectivity index (χ2n) is 5.46. The molecule has 20 heavy (non-hydrogen) atoms. The van der Waals surface area contributed by atoms with Gasteiger partial charge in [0.05, 0.1) is 23.9 Å². The third kappa shape index (κ3) is 2.36. The Morgan fingerprint density at radius 1 is 1.30 bits per heavy atom. The van der Waals surface area contributed by atoms with Gasteiger partial charge in [-0.25, -0.2) is 4.98 Å². The minimum Gasteiger partial charge on any atom is -0.454 e. The molecule has 5 heteroatoms. The molecule has 0 saturated carbocycles. The fourth-order valence-corrected chi connectivity index (χ4v) is 2.46. The number of imidazole rings is 1. The standard InChI is InChI=1S/C15H19N3O2/c1-10(2)5-12(16)13-7-17-8-18(13)11-3-4-14-15(6-11)20-9-19-14/h3-4,6-8,10,12H,5,9,16H2,1-2H3. The molecule has 0 radical (unpaired) electrons. The van der Waals surface area contributed by atoms with Gasteiger partial charge in [-0.05, 0) is 24.5 Å². The molecule has 0 aliphatic carbocycles. The van der Waals surface area contributed by atoms with E-state index < -0.39 is 0 Å². The highest BCUT2D eigenvalue weighted by molar-refractivity contribution is 5.50. The van der Waals surface area contributed by atoms with Crippen molar-refractivity contribution in [2.24, 2.45) is 11.7 Å². The summed E-state index contributed by atoms with van der Waals surface area (Å²) in [5.41, 5.74) is 8.27. The molecule has 0 saturated heterocycles. The summed E-state index contributed by atoms with van der Waals surface area (Å²) in [4.78, 5) is 4.23. The Bertz CT molecular complexity index is 607. The van der Waals surface area contributed by atoms with Gasteiger partial charge < -0.3 is 19.8 Å². The van der Waals surface area contributed by atoms with E-state index in [1.54, 1.807) is 6.33 Å². The van der Waals surface area contributed by atoms with Crippen LogP contribution in [-0.2, 0) is 0 Å². The molecule has 106 valence electrons. The summed E-state index contributed by atoms with van der Waals surface area (Å²) >= 11 is 0. The Labute approximate surface area is 118 Å². The quantitative estimate of drug-likeness (QED) is 0.930. The summed E-state index contributed by atoms with van der Waals surface area (Å²) in [6, 6.07) is 5.83. The molecule has 0 spiro atoms. The van der Waals surface area contributed by atoms with E-state index in [0.29, 0.717) is 5.92 Å². The molecule has 1 unspecified atom stereocenters. The van der Waals surface area contributed by atoms with Crippen LogP contribution in [0.5, 0.6) is 11.5 Å². The SMILES string of the molecule is CC(C)CC(N)c1cncn1-c1ccc2c(c1)OCO2. The van der Waals surface area contributed by atoms with Gasteiger partial charge in [0.1, 0.15) is 0 Å². The number of hydrogen-bond acceptors (Lipinski definition) is 4. The summed E-state index contributed by atoms with van der Waals surface area (Å²) < 4.78 is 12.8. The predicted octanol–water partition coefficient (Wildman–Crippen LogP) is 2.65. The smallest absolute Gasteiger partial charge is 0.231 e. The number of nitrogens with two attached hydrogens (primary N) is 1. The van der Waals surface area contributed by atoms with Crippen molar-refractivity contribution in [2.75, 3.05) is 6.79 Å². The van der Waals surface area contributed by atoms with Crippen molar-refractivity contribution >= 4 is 0 Å². The lowest BCUT2D eigenvalue weighted by Crippen LogP contribution is -2.16. The summed E-state index contributed by atoms with van der Waals surface area (Å²) in [6.07, 6.45) is 4.54. The van der Waals surface area contributed by atoms with Crippen LogP contribution in [0.25, 0.3) is 5.69 Å². The zero-order valence-corrected chi connectivity index (χ0v) is 11.7. The zero-order chi connectivity index (χ0) is 14.1. The van der Waals surface area contributed by atoms with Crippen molar-refractivity contribution in [3.8, 4) is 17.2 Å². The van der Waals surface area contributed by atoms with Crippen LogP contribution in [-0.4, -0.2) is 16.3 Å². The molecule has 0 fully saturated rings. The summed E-state index contributed by atoms with van der Waals surface area (Å²) in [7, 11) is 0. The van der Waals surface area contributed by atoms with Crippen molar-refractivity contribution in [1.29, 1.82) is 0 Å². The average molecular weight is 273 g/mol. The van der Waals surface area contributed by atoms with Crippen molar-refractivity contribution in [3.05, 3.63) is 36.4 Å². The summed E-state index contributed by atoms with van der Waals surface area (Å²) in [5.74, 6) is 2.09. The Morgan fingerprint density at radius 3 is 2.90 bits per heavy atom. The zero-order valence-electron chi connectivity index (χ0n) is 11.7.